The maximum absolute atomic E-state index is 14.1. The predicted molar refractivity (Wildman–Crippen MR) is 80.8 cm³/mol. The molecule has 2 aromatic carbocycles. The highest BCUT2D eigenvalue weighted by molar-refractivity contribution is 5.84. The van der Waals surface area contributed by atoms with Gasteiger partial charge in [-0.1, -0.05) is 30.3 Å². The lowest BCUT2D eigenvalue weighted by Gasteiger charge is -2.15. The van der Waals surface area contributed by atoms with Crippen molar-refractivity contribution in [3.63, 3.8) is 0 Å². The number of fused-ring (bicyclic) bond motifs is 1. The van der Waals surface area contributed by atoms with E-state index in [2.05, 4.69) is 4.98 Å². The summed E-state index contributed by atoms with van der Waals surface area (Å²) in [5.74, 6) is 0.239. The summed E-state index contributed by atoms with van der Waals surface area (Å²) in [4.78, 5) is 4.30. The first-order valence-electron chi connectivity index (χ1n) is 6.72. The molecule has 1 aromatic heterocycles. The molecular weight excluding hydrogens is 267 g/mol. The fraction of sp³-hybridized carbons (Fsp3) is 0.118. The number of rotatable bonds is 3. The van der Waals surface area contributed by atoms with E-state index in [1.54, 1.807) is 31.3 Å². The summed E-state index contributed by atoms with van der Waals surface area (Å²) in [5.41, 5.74) is 7.21. The highest BCUT2D eigenvalue weighted by Gasteiger charge is 2.15. The van der Waals surface area contributed by atoms with Gasteiger partial charge in [-0.25, -0.2) is 4.39 Å². The summed E-state index contributed by atoms with van der Waals surface area (Å²) in [6.07, 6.45) is 1.68. The highest BCUT2D eigenvalue weighted by atomic mass is 19.1. The number of hydrogen-bond donors (Lipinski definition) is 1. The van der Waals surface area contributed by atoms with E-state index in [0.717, 1.165) is 5.39 Å². The standard InChI is InChI=1S/C17H15FN2O/c1-11(19)13-7-3-8-14(18)17(13)21-15-9-2-5-12-6-4-10-20-16(12)15/h2-11H,19H2,1H3/t11-/m0/s1. The van der Waals surface area contributed by atoms with Gasteiger partial charge in [-0.3, -0.25) is 4.98 Å². The van der Waals surface area contributed by atoms with Crippen molar-refractivity contribution >= 4 is 10.9 Å². The van der Waals surface area contributed by atoms with Crippen LogP contribution in [0.3, 0.4) is 0 Å². The average molecular weight is 282 g/mol. The number of para-hydroxylation sites is 2. The van der Waals surface area contributed by atoms with Gasteiger partial charge in [-0.15, -0.1) is 0 Å². The fourth-order valence-corrected chi connectivity index (χ4v) is 2.26. The van der Waals surface area contributed by atoms with Crippen molar-refractivity contribution in [1.29, 1.82) is 0 Å². The monoisotopic (exact) mass is 282 g/mol. The zero-order valence-electron chi connectivity index (χ0n) is 11.6. The quantitative estimate of drug-likeness (QED) is 0.783. The van der Waals surface area contributed by atoms with Crippen LogP contribution in [0.4, 0.5) is 4.39 Å². The van der Waals surface area contributed by atoms with Crippen molar-refractivity contribution in [2.75, 3.05) is 0 Å². The minimum atomic E-state index is -0.433. The third-order valence-corrected chi connectivity index (χ3v) is 3.30. The maximum atomic E-state index is 14.1. The minimum absolute atomic E-state index is 0.158. The molecule has 0 amide bonds. The first-order valence-corrected chi connectivity index (χ1v) is 6.72. The van der Waals surface area contributed by atoms with Gasteiger partial charge in [0.2, 0.25) is 0 Å². The lowest BCUT2D eigenvalue weighted by atomic mass is 10.1. The number of halogens is 1. The zero-order valence-corrected chi connectivity index (χ0v) is 11.6. The van der Waals surface area contributed by atoms with Gasteiger partial charge >= 0.3 is 0 Å². The van der Waals surface area contributed by atoms with Crippen molar-refractivity contribution in [3.8, 4) is 11.5 Å². The minimum Gasteiger partial charge on any atom is -0.452 e. The van der Waals surface area contributed by atoms with E-state index in [0.29, 0.717) is 16.8 Å². The molecule has 3 rings (SSSR count). The number of nitrogens with zero attached hydrogens (tertiary/aromatic N) is 1. The van der Waals surface area contributed by atoms with Crippen molar-refractivity contribution in [3.05, 3.63) is 66.1 Å². The van der Waals surface area contributed by atoms with E-state index >= 15 is 0 Å². The lowest BCUT2D eigenvalue weighted by Crippen LogP contribution is -2.07. The third kappa shape index (κ3) is 2.58. The van der Waals surface area contributed by atoms with Gasteiger partial charge in [0.1, 0.15) is 5.52 Å². The van der Waals surface area contributed by atoms with Crippen molar-refractivity contribution in [1.82, 2.24) is 4.98 Å². The van der Waals surface area contributed by atoms with Crippen LogP contribution in [0.25, 0.3) is 10.9 Å². The summed E-state index contributed by atoms with van der Waals surface area (Å²) in [7, 11) is 0. The Kier molecular flexibility index (Phi) is 3.54. The SMILES string of the molecule is C[C@H](N)c1cccc(F)c1Oc1cccc2cccnc12. The largest absolute Gasteiger partial charge is 0.452 e. The maximum Gasteiger partial charge on any atom is 0.167 e. The van der Waals surface area contributed by atoms with E-state index in [-0.39, 0.29) is 11.8 Å². The highest BCUT2D eigenvalue weighted by Crippen LogP contribution is 2.34. The van der Waals surface area contributed by atoms with Crippen LogP contribution in [-0.2, 0) is 0 Å². The summed E-state index contributed by atoms with van der Waals surface area (Å²) in [6, 6.07) is 13.8. The van der Waals surface area contributed by atoms with E-state index in [9.17, 15) is 4.39 Å². The second-order valence-electron chi connectivity index (χ2n) is 4.88. The smallest absolute Gasteiger partial charge is 0.167 e. The van der Waals surface area contributed by atoms with Gasteiger partial charge in [-0.2, -0.15) is 0 Å². The molecule has 4 heteroatoms. The second kappa shape index (κ2) is 5.50. The molecule has 0 fully saturated rings. The Bertz CT molecular complexity index is 781. The molecule has 0 unspecified atom stereocenters. The van der Waals surface area contributed by atoms with Crippen LogP contribution in [0.1, 0.15) is 18.5 Å². The Morgan fingerprint density at radius 1 is 1.10 bits per heavy atom. The average Bonchev–Trinajstić information content (AvgIpc) is 2.49. The molecule has 0 aliphatic heterocycles. The Balaban J connectivity index is 2.11. The Morgan fingerprint density at radius 2 is 1.86 bits per heavy atom. The zero-order chi connectivity index (χ0) is 14.8. The Morgan fingerprint density at radius 3 is 2.67 bits per heavy atom. The molecule has 1 heterocycles. The molecule has 0 spiro atoms. The molecule has 106 valence electrons. The summed E-state index contributed by atoms with van der Waals surface area (Å²) >= 11 is 0. The van der Waals surface area contributed by atoms with Gasteiger partial charge in [0.05, 0.1) is 0 Å². The Hall–Kier alpha value is -2.46. The summed E-state index contributed by atoms with van der Waals surface area (Å²) in [6.45, 7) is 1.79. The molecule has 21 heavy (non-hydrogen) atoms. The first kappa shape index (κ1) is 13.5. The van der Waals surface area contributed by atoms with Gasteiger partial charge in [0.25, 0.3) is 0 Å². The van der Waals surface area contributed by atoms with Gasteiger partial charge in [0.15, 0.2) is 17.3 Å². The van der Waals surface area contributed by atoms with Gasteiger partial charge < -0.3 is 10.5 Å². The second-order valence-corrected chi connectivity index (χ2v) is 4.88. The normalized spacial score (nSPS) is 12.3. The third-order valence-electron chi connectivity index (χ3n) is 3.30. The van der Waals surface area contributed by atoms with E-state index in [1.165, 1.54) is 6.07 Å². The van der Waals surface area contributed by atoms with Crippen LogP contribution in [0.5, 0.6) is 11.5 Å². The van der Waals surface area contributed by atoms with Crippen molar-refractivity contribution < 1.29 is 9.13 Å². The molecule has 3 aromatic rings. The number of ether oxygens (including phenoxy) is 1. The molecule has 0 aliphatic carbocycles. The first-order chi connectivity index (χ1) is 10.2. The molecule has 0 aliphatic rings. The van der Waals surface area contributed by atoms with Crippen LogP contribution in [-0.4, -0.2) is 4.98 Å². The topological polar surface area (TPSA) is 48.1 Å². The molecule has 0 bridgehead atoms. The van der Waals surface area contributed by atoms with Gasteiger partial charge in [0, 0.05) is 23.2 Å². The number of benzene rings is 2. The summed E-state index contributed by atoms with van der Waals surface area (Å²) < 4.78 is 19.9. The molecule has 0 radical (unpaired) electrons. The molecule has 2 N–H and O–H groups in total. The van der Waals surface area contributed by atoms with Crippen LogP contribution in [0.15, 0.2) is 54.7 Å². The van der Waals surface area contributed by atoms with E-state index in [4.69, 9.17) is 10.5 Å². The van der Waals surface area contributed by atoms with Crippen LogP contribution in [0, 0.1) is 5.82 Å². The predicted octanol–water partition coefficient (Wildman–Crippen LogP) is 4.19. The number of hydrogen-bond acceptors (Lipinski definition) is 3. The molecule has 0 saturated carbocycles. The number of nitrogens with two attached hydrogens (primary N) is 1. The molecule has 3 nitrogen and oxygen atoms in total. The van der Waals surface area contributed by atoms with E-state index < -0.39 is 5.82 Å². The van der Waals surface area contributed by atoms with Crippen LogP contribution in [0.2, 0.25) is 0 Å². The molecule has 1 atom stereocenters. The lowest BCUT2D eigenvalue weighted by molar-refractivity contribution is 0.436. The van der Waals surface area contributed by atoms with Crippen LogP contribution < -0.4 is 10.5 Å². The summed E-state index contributed by atoms with van der Waals surface area (Å²) in [5, 5.41) is 0.939. The van der Waals surface area contributed by atoms with Crippen molar-refractivity contribution in [2.45, 2.75) is 13.0 Å². The van der Waals surface area contributed by atoms with Gasteiger partial charge in [-0.05, 0) is 25.1 Å². The number of pyridine rings is 1. The molecular formula is C17H15FN2O. The Labute approximate surface area is 122 Å². The van der Waals surface area contributed by atoms with E-state index in [1.807, 2.05) is 24.3 Å². The van der Waals surface area contributed by atoms with Crippen LogP contribution >= 0.6 is 0 Å². The fourth-order valence-electron chi connectivity index (χ4n) is 2.26. The molecule has 0 saturated heterocycles. The number of aromatic nitrogens is 1. The van der Waals surface area contributed by atoms with Crippen molar-refractivity contribution in [2.24, 2.45) is 5.73 Å².